The molecule has 0 spiro atoms. The first-order valence-corrected chi connectivity index (χ1v) is 12.5. The summed E-state index contributed by atoms with van der Waals surface area (Å²) in [5.41, 5.74) is 2.06. The van der Waals surface area contributed by atoms with E-state index in [0.29, 0.717) is 12.2 Å². The minimum absolute atomic E-state index is 0.0493. The van der Waals surface area contributed by atoms with E-state index in [-0.39, 0.29) is 16.4 Å². The average Bonchev–Trinajstić information content (AvgIpc) is 2.84. The second-order valence-corrected chi connectivity index (χ2v) is 10.00. The smallest absolute Gasteiger partial charge is 0.338 e. The van der Waals surface area contributed by atoms with Gasteiger partial charge in [0.1, 0.15) is 0 Å². The van der Waals surface area contributed by atoms with E-state index in [0.717, 1.165) is 19.3 Å². The average molecular weight is 471 g/mol. The number of esters is 1. The van der Waals surface area contributed by atoms with Gasteiger partial charge < -0.3 is 10.1 Å². The Morgan fingerprint density at radius 3 is 2.39 bits per heavy atom. The topological polar surface area (TPSA) is 92.8 Å². The molecule has 0 saturated heterocycles. The van der Waals surface area contributed by atoms with Gasteiger partial charge in [0.05, 0.1) is 16.1 Å². The lowest BCUT2D eigenvalue weighted by atomic mass is 9.97. The molecule has 3 rings (SSSR count). The molecule has 0 radical (unpaired) electrons. The standard InChI is InChI=1S/C25H30N2O5S/c1-19(24(28)26-18-17-20-9-5-3-6-10-20)32-25(29)21-13-15-23(16-14-21)33(30,31)27(2)22-11-7-4-8-12-22/h4,7-9,11-16,19H,3,5-6,10,17-18H2,1-2H3,(H,26,28)/t19-/m0/s1. The van der Waals surface area contributed by atoms with Gasteiger partial charge in [-0.25, -0.2) is 13.2 Å². The van der Waals surface area contributed by atoms with Crippen molar-refractivity contribution >= 4 is 27.6 Å². The number of nitrogens with zero attached hydrogens (tertiary/aromatic N) is 1. The molecule has 0 saturated carbocycles. The summed E-state index contributed by atoms with van der Waals surface area (Å²) in [6, 6.07) is 14.2. The Balaban J connectivity index is 1.55. The van der Waals surface area contributed by atoms with Crippen LogP contribution in [0.4, 0.5) is 5.69 Å². The fourth-order valence-electron chi connectivity index (χ4n) is 3.60. The summed E-state index contributed by atoms with van der Waals surface area (Å²) in [6.45, 7) is 2.02. The molecular formula is C25H30N2O5S. The maximum absolute atomic E-state index is 12.8. The Hall–Kier alpha value is -3.13. The Bertz CT molecular complexity index is 1100. The normalized spacial score (nSPS) is 14.7. The zero-order valence-electron chi connectivity index (χ0n) is 19.0. The predicted molar refractivity (Wildman–Crippen MR) is 128 cm³/mol. The molecule has 176 valence electrons. The van der Waals surface area contributed by atoms with Crippen molar-refractivity contribution in [1.82, 2.24) is 5.32 Å². The van der Waals surface area contributed by atoms with E-state index in [9.17, 15) is 18.0 Å². The number of sulfonamides is 1. The highest BCUT2D eigenvalue weighted by molar-refractivity contribution is 7.92. The summed E-state index contributed by atoms with van der Waals surface area (Å²) in [6.07, 6.45) is 6.68. The van der Waals surface area contributed by atoms with Crippen LogP contribution in [0.15, 0.2) is 71.1 Å². The van der Waals surface area contributed by atoms with Crippen LogP contribution in [0, 0.1) is 0 Å². The van der Waals surface area contributed by atoms with Crippen LogP contribution in [0.25, 0.3) is 0 Å². The van der Waals surface area contributed by atoms with Gasteiger partial charge in [-0.1, -0.05) is 29.8 Å². The van der Waals surface area contributed by atoms with Crippen LogP contribution in [-0.2, 0) is 19.6 Å². The number of rotatable bonds is 9. The molecule has 0 heterocycles. The number of amides is 1. The molecule has 1 N–H and O–H groups in total. The molecular weight excluding hydrogens is 440 g/mol. The molecule has 0 fully saturated rings. The number of ether oxygens (including phenoxy) is 1. The SMILES string of the molecule is C[C@H](OC(=O)c1ccc(S(=O)(=O)N(C)c2ccccc2)cc1)C(=O)NCCC1=CCCCC1. The lowest BCUT2D eigenvalue weighted by Gasteiger charge is -2.19. The number of hydrogen-bond donors (Lipinski definition) is 1. The van der Waals surface area contributed by atoms with Crippen LogP contribution in [0.2, 0.25) is 0 Å². The Morgan fingerprint density at radius 2 is 1.76 bits per heavy atom. The van der Waals surface area contributed by atoms with E-state index < -0.39 is 22.1 Å². The van der Waals surface area contributed by atoms with Gasteiger partial charge in [0.15, 0.2) is 6.10 Å². The first-order chi connectivity index (χ1) is 15.8. The van der Waals surface area contributed by atoms with E-state index in [1.807, 2.05) is 0 Å². The van der Waals surface area contributed by atoms with E-state index in [1.165, 1.54) is 61.0 Å². The molecule has 0 unspecified atom stereocenters. The van der Waals surface area contributed by atoms with Gasteiger partial charge in [0, 0.05) is 13.6 Å². The number of carbonyl (C=O) groups excluding carboxylic acids is 2. The molecule has 1 aliphatic carbocycles. The minimum Gasteiger partial charge on any atom is -0.449 e. The first-order valence-electron chi connectivity index (χ1n) is 11.1. The molecule has 0 bridgehead atoms. The van der Waals surface area contributed by atoms with Gasteiger partial charge in [-0.3, -0.25) is 9.10 Å². The van der Waals surface area contributed by atoms with Crippen LogP contribution in [0.3, 0.4) is 0 Å². The Morgan fingerprint density at radius 1 is 1.06 bits per heavy atom. The second-order valence-electron chi connectivity index (χ2n) is 8.03. The molecule has 33 heavy (non-hydrogen) atoms. The minimum atomic E-state index is -3.78. The van der Waals surface area contributed by atoms with E-state index in [4.69, 9.17) is 4.74 Å². The second kappa shape index (κ2) is 11.1. The third kappa shape index (κ3) is 6.44. The maximum Gasteiger partial charge on any atom is 0.338 e. The summed E-state index contributed by atoms with van der Waals surface area (Å²) in [5.74, 6) is -1.04. The summed E-state index contributed by atoms with van der Waals surface area (Å²) in [7, 11) is -2.31. The van der Waals surface area contributed by atoms with Crippen LogP contribution in [0.1, 0.15) is 49.4 Å². The fourth-order valence-corrected chi connectivity index (χ4v) is 4.80. The van der Waals surface area contributed by atoms with Crippen molar-refractivity contribution in [2.45, 2.75) is 50.0 Å². The van der Waals surface area contributed by atoms with Gasteiger partial charge in [-0.05, 0) is 75.4 Å². The molecule has 2 aromatic carbocycles. The fraction of sp³-hybridized carbons (Fsp3) is 0.360. The van der Waals surface area contributed by atoms with Crippen molar-refractivity contribution in [3.05, 3.63) is 71.8 Å². The highest BCUT2D eigenvalue weighted by atomic mass is 32.2. The van der Waals surface area contributed by atoms with Crippen molar-refractivity contribution in [3.8, 4) is 0 Å². The van der Waals surface area contributed by atoms with Gasteiger partial charge in [-0.15, -0.1) is 0 Å². The summed E-state index contributed by atoms with van der Waals surface area (Å²) >= 11 is 0. The van der Waals surface area contributed by atoms with Crippen LogP contribution < -0.4 is 9.62 Å². The first kappa shape index (κ1) is 24.5. The summed E-state index contributed by atoms with van der Waals surface area (Å²) in [5, 5.41) is 2.80. The van der Waals surface area contributed by atoms with Gasteiger partial charge in [0.25, 0.3) is 15.9 Å². The molecule has 7 nitrogen and oxygen atoms in total. The van der Waals surface area contributed by atoms with Crippen molar-refractivity contribution in [2.24, 2.45) is 0 Å². The third-order valence-corrected chi connectivity index (χ3v) is 7.45. The monoisotopic (exact) mass is 470 g/mol. The number of benzene rings is 2. The van der Waals surface area contributed by atoms with Crippen LogP contribution in [0.5, 0.6) is 0 Å². The zero-order valence-corrected chi connectivity index (χ0v) is 19.8. The molecule has 2 aromatic rings. The van der Waals surface area contributed by atoms with Gasteiger partial charge >= 0.3 is 5.97 Å². The summed E-state index contributed by atoms with van der Waals surface area (Å²) < 4.78 is 32.1. The van der Waals surface area contributed by atoms with E-state index in [1.54, 1.807) is 30.3 Å². The third-order valence-electron chi connectivity index (χ3n) is 5.65. The largest absolute Gasteiger partial charge is 0.449 e. The molecule has 0 aromatic heterocycles. The summed E-state index contributed by atoms with van der Waals surface area (Å²) in [4.78, 5) is 24.7. The number of allylic oxidation sites excluding steroid dienone is 1. The van der Waals surface area contributed by atoms with E-state index >= 15 is 0 Å². The Kier molecular flexibility index (Phi) is 8.27. The van der Waals surface area contributed by atoms with Crippen molar-refractivity contribution < 1.29 is 22.7 Å². The quantitative estimate of drug-likeness (QED) is 0.441. The maximum atomic E-state index is 12.8. The van der Waals surface area contributed by atoms with Crippen molar-refractivity contribution in [2.75, 3.05) is 17.9 Å². The number of para-hydroxylation sites is 1. The molecule has 1 aliphatic rings. The molecule has 8 heteroatoms. The highest BCUT2D eigenvalue weighted by Gasteiger charge is 2.23. The van der Waals surface area contributed by atoms with Crippen molar-refractivity contribution in [3.63, 3.8) is 0 Å². The number of carbonyl (C=O) groups is 2. The van der Waals surface area contributed by atoms with Gasteiger partial charge in [-0.2, -0.15) is 0 Å². The van der Waals surface area contributed by atoms with Gasteiger partial charge in [0.2, 0.25) is 0 Å². The lowest BCUT2D eigenvalue weighted by Crippen LogP contribution is -2.36. The predicted octanol–water partition coefficient (Wildman–Crippen LogP) is 4.06. The molecule has 1 amide bonds. The van der Waals surface area contributed by atoms with Crippen LogP contribution >= 0.6 is 0 Å². The highest BCUT2D eigenvalue weighted by Crippen LogP contribution is 2.22. The lowest BCUT2D eigenvalue weighted by molar-refractivity contribution is -0.129. The Labute approximate surface area is 195 Å². The number of hydrogen-bond acceptors (Lipinski definition) is 5. The van der Waals surface area contributed by atoms with E-state index in [2.05, 4.69) is 11.4 Å². The molecule has 0 aliphatic heterocycles. The van der Waals surface area contributed by atoms with Crippen LogP contribution in [-0.4, -0.2) is 40.0 Å². The zero-order chi connectivity index (χ0) is 23.8. The molecule has 1 atom stereocenters. The van der Waals surface area contributed by atoms with Crippen molar-refractivity contribution in [1.29, 1.82) is 0 Å². The number of anilines is 1. The number of nitrogens with one attached hydrogen (secondary N) is 1.